The van der Waals surface area contributed by atoms with Crippen LogP contribution in [0.25, 0.3) is 11.4 Å². The van der Waals surface area contributed by atoms with Gasteiger partial charge in [0.25, 0.3) is 0 Å². The van der Waals surface area contributed by atoms with Crippen molar-refractivity contribution in [2.45, 2.75) is 32.3 Å². The van der Waals surface area contributed by atoms with Gasteiger partial charge in [-0.15, -0.1) is 15.3 Å². The molecule has 1 saturated heterocycles. The van der Waals surface area contributed by atoms with Crippen molar-refractivity contribution in [2.24, 2.45) is 0 Å². The number of hydrogen-bond donors (Lipinski definition) is 0. The fourth-order valence-electron chi connectivity index (χ4n) is 2.13. The highest BCUT2D eigenvalue weighted by Gasteiger charge is 2.32. The lowest BCUT2D eigenvalue weighted by molar-refractivity contribution is -0.139. The molecule has 112 valence electrons. The van der Waals surface area contributed by atoms with E-state index in [0.29, 0.717) is 30.4 Å². The molecule has 1 aliphatic rings. The second-order valence-electron chi connectivity index (χ2n) is 5.24. The normalized spacial score (nSPS) is 20.6. The van der Waals surface area contributed by atoms with Crippen molar-refractivity contribution in [3.05, 3.63) is 18.3 Å². The maximum absolute atomic E-state index is 5.74. The van der Waals surface area contributed by atoms with E-state index in [1.54, 1.807) is 23.9 Å². The molecule has 21 heavy (non-hydrogen) atoms. The highest BCUT2D eigenvalue weighted by molar-refractivity contribution is 5.51. The average molecular weight is 291 g/mol. The van der Waals surface area contributed by atoms with Crippen molar-refractivity contribution in [3.63, 3.8) is 0 Å². The Bertz CT molecular complexity index is 611. The first-order valence-electron chi connectivity index (χ1n) is 6.66. The van der Waals surface area contributed by atoms with Gasteiger partial charge in [-0.1, -0.05) is 5.21 Å². The molecule has 1 fully saturated rings. The molecule has 1 atom stereocenters. The van der Waals surface area contributed by atoms with Crippen molar-refractivity contribution >= 4 is 0 Å². The number of nitrogens with zero attached hydrogens (tertiary/aromatic N) is 5. The van der Waals surface area contributed by atoms with Crippen molar-refractivity contribution in [1.82, 2.24) is 25.2 Å². The molecular formula is C13H17N5O3. The summed E-state index contributed by atoms with van der Waals surface area (Å²) in [5, 5.41) is 16.1. The summed E-state index contributed by atoms with van der Waals surface area (Å²) in [5.74, 6) is -0.0694. The summed E-state index contributed by atoms with van der Waals surface area (Å²) in [7, 11) is 1.55. The van der Waals surface area contributed by atoms with Gasteiger partial charge in [0, 0.05) is 6.07 Å². The van der Waals surface area contributed by atoms with E-state index in [9.17, 15) is 0 Å². The number of hydrogen-bond acceptors (Lipinski definition) is 7. The van der Waals surface area contributed by atoms with Gasteiger partial charge in [0.1, 0.15) is 17.5 Å². The molecule has 8 nitrogen and oxygen atoms in total. The summed E-state index contributed by atoms with van der Waals surface area (Å²) in [6, 6.07) is 3.52. The van der Waals surface area contributed by atoms with E-state index in [1.165, 1.54) is 0 Å². The molecule has 8 heteroatoms. The van der Waals surface area contributed by atoms with E-state index in [0.717, 1.165) is 0 Å². The Kier molecular flexibility index (Phi) is 3.56. The van der Waals surface area contributed by atoms with Crippen LogP contribution in [0.3, 0.4) is 0 Å². The number of rotatable bonds is 4. The average Bonchev–Trinajstić information content (AvgIpc) is 3.06. The zero-order valence-electron chi connectivity index (χ0n) is 12.2. The maximum Gasteiger partial charge on any atom is 0.233 e. The van der Waals surface area contributed by atoms with Crippen molar-refractivity contribution in [1.29, 1.82) is 0 Å². The minimum Gasteiger partial charge on any atom is -0.480 e. The van der Waals surface area contributed by atoms with Gasteiger partial charge in [0.05, 0.1) is 26.5 Å². The summed E-state index contributed by atoms with van der Waals surface area (Å²) in [4.78, 5) is 0. The number of aromatic nitrogens is 5. The van der Waals surface area contributed by atoms with Crippen molar-refractivity contribution < 1.29 is 14.2 Å². The summed E-state index contributed by atoms with van der Waals surface area (Å²) in [6.07, 6.45) is 1.78. The molecular weight excluding hydrogens is 274 g/mol. The molecule has 0 spiro atoms. The Morgan fingerprint density at radius 2 is 2.14 bits per heavy atom. The molecule has 0 N–H and O–H groups in total. The monoisotopic (exact) mass is 291 g/mol. The summed E-state index contributed by atoms with van der Waals surface area (Å²) >= 11 is 0. The van der Waals surface area contributed by atoms with E-state index in [-0.39, 0.29) is 6.10 Å². The van der Waals surface area contributed by atoms with Gasteiger partial charge < -0.3 is 14.2 Å². The molecule has 2 aromatic heterocycles. The standard InChI is InChI=1S/C13H17N5O3/c1-13(2)20-8-9(21-13)6-18-7-11(15-17-18)10-4-5-12(19-3)16-14-10/h4-5,7,9H,6,8H2,1-3H3/t9-/m0/s1. The number of ether oxygens (including phenoxy) is 3. The molecule has 2 aromatic rings. The van der Waals surface area contributed by atoms with Gasteiger partial charge in [0.15, 0.2) is 5.79 Å². The fraction of sp³-hybridized carbons (Fsp3) is 0.538. The molecule has 0 amide bonds. The summed E-state index contributed by atoms with van der Waals surface area (Å²) < 4.78 is 18.0. The topological polar surface area (TPSA) is 84.2 Å². The molecule has 0 radical (unpaired) electrons. The number of methoxy groups -OCH3 is 1. The Morgan fingerprint density at radius 3 is 2.76 bits per heavy atom. The van der Waals surface area contributed by atoms with Gasteiger partial charge in [-0.2, -0.15) is 0 Å². The van der Waals surface area contributed by atoms with Gasteiger partial charge in [-0.25, -0.2) is 4.68 Å². The van der Waals surface area contributed by atoms with Crippen LogP contribution in [-0.2, 0) is 16.0 Å². The van der Waals surface area contributed by atoms with E-state index in [4.69, 9.17) is 14.2 Å². The molecule has 0 saturated carbocycles. The van der Waals surface area contributed by atoms with Crippen LogP contribution in [0.2, 0.25) is 0 Å². The van der Waals surface area contributed by atoms with Gasteiger partial charge in [0.2, 0.25) is 5.88 Å². The Hall–Kier alpha value is -2.06. The second kappa shape index (κ2) is 5.38. The van der Waals surface area contributed by atoms with Crippen LogP contribution in [0.4, 0.5) is 0 Å². The zero-order valence-corrected chi connectivity index (χ0v) is 12.2. The Balaban J connectivity index is 1.68. The van der Waals surface area contributed by atoms with Gasteiger partial charge >= 0.3 is 0 Å². The molecule has 1 aliphatic heterocycles. The third kappa shape index (κ3) is 3.17. The van der Waals surface area contributed by atoms with Gasteiger partial charge in [-0.05, 0) is 19.9 Å². The van der Waals surface area contributed by atoms with Crippen LogP contribution < -0.4 is 4.74 Å². The SMILES string of the molecule is COc1ccc(-c2cn(C[C@H]3COC(C)(C)O3)nn2)nn1. The first-order valence-corrected chi connectivity index (χ1v) is 6.66. The third-order valence-electron chi connectivity index (χ3n) is 3.11. The smallest absolute Gasteiger partial charge is 0.233 e. The fourth-order valence-corrected chi connectivity index (χ4v) is 2.13. The molecule has 3 rings (SSSR count). The first kappa shape index (κ1) is 13.9. The highest BCUT2D eigenvalue weighted by atomic mass is 16.7. The minimum absolute atomic E-state index is 0.0310. The Labute approximate surface area is 122 Å². The lowest BCUT2D eigenvalue weighted by atomic mass is 10.3. The van der Waals surface area contributed by atoms with Crippen LogP contribution >= 0.6 is 0 Å². The van der Waals surface area contributed by atoms with Crippen LogP contribution in [0.1, 0.15) is 13.8 Å². The minimum atomic E-state index is -0.532. The molecule has 0 aliphatic carbocycles. The second-order valence-corrected chi connectivity index (χ2v) is 5.24. The van der Waals surface area contributed by atoms with E-state index in [1.807, 2.05) is 20.0 Å². The van der Waals surface area contributed by atoms with Crippen LogP contribution in [0, 0.1) is 0 Å². The lowest BCUT2D eigenvalue weighted by Crippen LogP contribution is -2.24. The molecule has 0 aromatic carbocycles. The zero-order chi connectivity index (χ0) is 14.9. The molecule has 3 heterocycles. The summed E-state index contributed by atoms with van der Waals surface area (Å²) in [6.45, 7) is 4.92. The maximum atomic E-state index is 5.74. The predicted octanol–water partition coefficient (Wildman–Crippen LogP) is 0.895. The van der Waals surface area contributed by atoms with Crippen molar-refractivity contribution in [2.75, 3.05) is 13.7 Å². The van der Waals surface area contributed by atoms with Gasteiger partial charge in [-0.3, -0.25) is 0 Å². The largest absolute Gasteiger partial charge is 0.480 e. The third-order valence-corrected chi connectivity index (χ3v) is 3.11. The summed E-state index contributed by atoms with van der Waals surface area (Å²) in [5.41, 5.74) is 1.30. The quantitative estimate of drug-likeness (QED) is 0.827. The highest BCUT2D eigenvalue weighted by Crippen LogP contribution is 2.23. The molecule has 0 unspecified atom stereocenters. The van der Waals surface area contributed by atoms with Crippen molar-refractivity contribution in [3.8, 4) is 17.3 Å². The Morgan fingerprint density at radius 1 is 1.29 bits per heavy atom. The van der Waals surface area contributed by atoms with E-state index in [2.05, 4.69) is 20.5 Å². The predicted molar refractivity (Wildman–Crippen MR) is 72.5 cm³/mol. The molecule has 0 bridgehead atoms. The van der Waals surface area contributed by atoms with E-state index >= 15 is 0 Å². The van der Waals surface area contributed by atoms with Crippen LogP contribution in [-0.4, -0.2) is 50.8 Å². The van der Waals surface area contributed by atoms with Crippen LogP contribution in [0.5, 0.6) is 5.88 Å². The first-order chi connectivity index (χ1) is 10.1. The lowest BCUT2D eigenvalue weighted by Gasteiger charge is -2.16. The van der Waals surface area contributed by atoms with Crippen LogP contribution in [0.15, 0.2) is 18.3 Å². The van der Waals surface area contributed by atoms with E-state index < -0.39 is 5.79 Å².